The summed E-state index contributed by atoms with van der Waals surface area (Å²) >= 11 is 5.96. The number of carbonyl (C=O) groups is 1. The number of Topliss-reactive ketones (excluding diaryl/α,β-unsaturated/α-hetero) is 1. The Morgan fingerprint density at radius 2 is 2.20 bits per heavy atom. The summed E-state index contributed by atoms with van der Waals surface area (Å²) in [7, 11) is 3.66. The quantitative estimate of drug-likeness (QED) is 0.618. The number of halogens is 1. The largest absolute Gasteiger partial charge is 0.452 e. The molecule has 0 spiro atoms. The lowest BCUT2D eigenvalue weighted by Gasteiger charge is -2.13. The molecule has 4 nitrogen and oxygen atoms in total. The van der Waals surface area contributed by atoms with E-state index < -0.39 is 0 Å². The van der Waals surface area contributed by atoms with Crippen molar-refractivity contribution in [1.82, 2.24) is 4.90 Å². The molecule has 0 atom stereocenters. The predicted octanol–water partition coefficient (Wildman–Crippen LogP) is 2.97. The summed E-state index contributed by atoms with van der Waals surface area (Å²) in [5.74, 6) is 0.851. The van der Waals surface area contributed by atoms with Crippen molar-refractivity contribution >= 4 is 17.4 Å². The number of nitriles is 1. The number of hydrogen-bond donors (Lipinski definition) is 0. The first-order valence-electron chi connectivity index (χ1n) is 6.31. The summed E-state index contributed by atoms with van der Waals surface area (Å²) in [6.07, 6.45) is 3.49. The van der Waals surface area contributed by atoms with E-state index >= 15 is 0 Å². The first kappa shape index (κ1) is 14.4. The maximum Gasteiger partial charge on any atom is 0.202 e. The number of rotatable bonds is 5. The molecule has 0 aromatic heterocycles. The second-order valence-electron chi connectivity index (χ2n) is 4.95. The number of allylic oxidation sites excluding steroid dienone is 1. The van der Waals surface area contributed by atoms with Gasteiger partial charge in [0, 0.05) is 32.3 Å². The van der Waals surface area contributed by atoms with Crippen LogP contribution in [0.25, 0.3) is 0 Å². The van der Waals surface area contributed by atoms with Crippen LogP contribution in [-0.4, -0.2) is 24.8 Å². The fraction of sp³-hybridized carbons (Fsp3) is 0.333. The van der Waals surface area contributed by atoms with Crippen molar-refractivity contribution < 1.29 is 9.53 Å². The Labute approximate surface area is 123 Å². The van der Waals surface area contributed by atoms with Gasteiger partial charge in [-0.25, -0.2) is 0 Å². The maximum atomic E-state index is 12.1. The molecule has 1 aliphatic rings. The molecular weight excluding hydrogens is 276 g/mol. The number of ether oxygens (including phenoxy) is 1. The number of carbonyl (C=O) groups excluding carboxylic acids is 1. The van der Waals surface area contributed by atoms with Gasteiger partial charge in [-0.3, -0.25) is 4.79 Å². The minimum Gasteiger partial charge on any atom is -0.452 e. The van der Waals surface area contributed by atoms with Crippen molar-refractivity contribution in [3.8, 4) is 11.8 Å². The highest BCUT2D eigenvalue weighted by Crippen LogP contribution is 2.33. The fourth-order valence-corrected chi connectivity index (χ4v) is 1.91. The highest BCUT2D eigenvalue weighted by Gasteiger charge is 2.33. The van der Waals surface area contributed by atoms with Gasteiger partial charge in [-0.05, 0) is 25.0 Å². The van der Waals surface area contributed by atoms with Gasteiger partial charge in [-0.1, -0.05) is 11.6 Å². The highest BCUT2D eigenvalue weighted by molar-refractivity contribution is 6.31. The van der Waals surface area contributed by atoms with E-state index in [4.69, 9.17) is 21.6 Å². The third kappa shape index (κ3) is 3.52. The third-order valence-electron chi connectivity index (χ3n) is 2.86. The molecule has 0 aliphatic heterocycles. The van der Waals surface area contributed by atoms with Crippen molar-refractivity contribution in [2.45, 2.75) is 12.8 Å². The molecule has 1 saturated carbocycles. The van der Waals surface area contributed by atoms with Gasteiger partial charge in [0.1, 0.15) is 11.8 Å². The maximum absolute atomic E-state index is 12.1. The molecule has 5 heteroatoms. The summed E-state index contributed by atoms with van der Waals surface area (Å²) in [5.41, 5.74) is 0.380. The monoisotopic (exact) mass is 290 g/mol. The second-order valence-corrected chi connectivity index (χ2v) is 5.36. The summed E-state index contributed by atoms with van der Waals surface area (Å²) in [6.45, 7) is 0. The Kier molecular flexibility index (Phi) is 4.31. The molecule has 0 N–H and O–H groups in total. The van der Waals surface area contributed by atoms with Crippen LogP contribution in [0.2, 0.25) is 5.02 Å². The zero-order valence-corrected chi connectivity index (χ0v) is 12.1. The highest BCUT2D eigenvalue weighted by atomic mass is 35.5. The van der Waals surface area contributed by atoms with Crippen molar-refractivity contribution in [3.63, 3.8) is 0 Å². The number of benzene rings is 1. The summed E-state index contributed by atoms with van der Waals surface area (Å²) in [5, 5.41) is 9.15. The van der Waals surface area contributed by atoms with Gasteiger partial charge in [0.25, 0.3) is 0 Å². The first-order chi connectivity index (χ1) is 9.51. The molecule has 20 heavy (non-hydrogen) atoms. The molecule has 0 unspecified atom stereocenters. The van der Waals surface area contributed by atoms with Crippen molar-refractivity contribution in [3.05, 3.63) is 40.7 Å². The van der Waals surface area contributed by atoms with E-state index in [1.165, 1.54) is 0 Å². The van der Waals surface area contributed by atoms with E-state index in [1.54, 1.807) is 29.3 Å². The SMILES string of the molecule is CN(C)/C=C(/Oc1ccc(C#N)c(Cl)c1)C(=O)C1CC1. The first-order valence-corrected chi connectivity index (χ1v) is 6.69. The zero-order chi connectivity index (χ0) is 14.7. The van der Waals surface area contributed by atoms with Crippen LogP contribution < -0.4 is 4.74 Å². The molecule has 0 radical (unpaired) electrons. The van der Waals surface area contributed by atoms with E-state index in [1.807, 2.05) is 20.2 Å². The van der Waals surface area contributed by atoms with Crippen molar-refractivity contribution in [2.24, 2.45) is 5.92 Å². The lowest BCUT2D eigenvalue weighted by molar-refractivity contribution is -0.118. The van der Waals surface area contributed by atoms with E-state index in [9.17, 15) is 4.79 Å². The van der Waals surface area contributed by atoms with Gasteiger partial charge in [-0.15, -0.1) is 0 Å². The molecule has 104 valence electrons. The summed E-state index contributed by atoms with van der Waals surface area (Å²) < 4.78 is 5.64. The van der Waals surface area contributed by atoms with E-state index in [0.717, 1.165) is 12.8 Å². The summed E-state index contributed by atoms with van der Waals surface area (Å²) in [4.78, 5) is 13.9. The van der Waals surface area contributed by atoms with Crippen LogP contribution in [0.15, 0.2) is 30.2 Å². The molecule has 2 rings (SSSR count). The summed E-state index contributed by atoms with van der Waals surface area (Å²) in [6, 6.07) is 6.74. The molecule has 0 bridgehead atoms. The Morgan fingerprint density at radius 1 is 1.50 bits per heavy atom. The zero-order valence-electron chi connectivity index (χ0n) is 11.4. The van der Waals surface area contributed by atoms with E-state index in [0.29, 0.717) is 22.1 Å². The van der Waals surface area contributed by atoms with E-state index in [2.05, 4.69) is 0 Å². The molecule has 1 aliphatic carbocycles. The molecular formula is C15H15ClN2O2. The van der Waals surface area contributed by atoms with Crippen molar-refractivity contribution in [1.29, 1.82) is 5.26 Å². The van der Waals surface area contributed by atoms with Crippen LogP contribution in [0.5, 0.6) is 5.75 Å². The van der Waals surface area contributed by atoms with Crippen LogP contribution in [-0.2, 0) is 4.79 Å². The number of nitrogens with zero attached hydrogens (tertiary/aromatic N) is 2. The Balaban J connectivity index is 2.21. The van der Waals surface area contributed by atoms with Crippen LogP contribution in [0.3, 0.4) is 0 Å². The average Bonchev–Trinajstić information content (AvgIpc) is 3.21. The number of ketones is 1. The van der Waals surface area contributed by atoms with Gasteiger partial charge in [0.2, 0.25) is 5.78 Å². The Hall–Kier alpha value is -1.99. The van der Waals surface area contributed by atoms with E-state index in [-0.39, 0.29) is 11.7 Å². The van der Waals surface area contributed by atoms with Gasteiger partial charge in [0.15, 0.2) is 5.76 Å². The van der Waals surface area contributed by atoms with Gasteiger partial charge >= 0.3 is 0 Å². The molecule has 0 amide bonds. The topological polar surface area (TPSA) is 53.3 Å². The minimum atomic E-state index is 0.0131. The van der Waals surface area contributed by atoms with Gasteiger partial charge in [0.05, 0.1) is 10.6 Å². The molecule has 0 heterocycles. The number of hydrogen-bond acceptors (Lipinski definition) is 4. The molecule has 1 aromatic rings. The van der Waals surface area contributed by atoms with Crippen LogP contribution in [0, 0.1) is 17.2 Å². The smallest absolute Gasteiger partial charge is 0.202 e. The van der Waals surface area contributed by atoms with Crippen molar-refractivity contribution in [2.75, 3.05) is 14.1 Å². The van der Waals surface area contributed by atoms with Crippen LogP contribution in [0.1, 0.15) is 18.4 Å². The normalized spacial score (nSPS) is 14.6. The Bertz CT molecular complexity index is 598. The molecule has 1 aromatic carbocycles. The average molecular weight is 291 g/mol. The van der Waals surface area contributed by atoms with Crippen LogP contribution in [0.4, 0.5) is 0 Å². The molecule has 1 fully saturated rings. The minimum absolute atomic E-state index is 0.0131. The lowest BCUT2D eigenvalue weighted by atomic mass is 10.2. The van der Waals surface area contributed by atoms with Gasteiger partial charge in [-0.2, -0.15) is 5.26 Å². The molecule has 0 saturated heterocycles. The Morgan fingerprint density at radius 3 is 2.70 bits per heavy atom. The lowest BCUT2D eigenvalue weighted by Crippen LogP contribution is -2.15. The van der Waals surface area contributed by atoms with Crippen LogP contribution >= 0.6 is 11.6 Å². The van der Waals surface area contributed by atoms with Gasteiger partial charge < -0.3 is 9.64 Å². The predicted molar refractivity (Wildman–Crippen MR) is 76.3 cm³/mol. The fourth-order valence-electron chi connectivity index (χ4n) is 1.70. The second kappa shape index (κ2) is 5.98. The standard InChI is InChI=1S/C15H15ClN2O2/c1-18(2)9-14(15(19)10-3-4-10)20-12-6-5-11(8-17)13(16)7-12/h5-7,9-10H,3-4H2,1-2H3/b14-9+. The third-order valence-corrected chi connectivity index (χ3v) is 3.17.